The van der Waals surface area contributed by atoms with Gasteiger partial charge in [0, 0.05) is 0 Å². The van der Waals surface area contributed by atoms with Crippen molar-refractivity contribution in [3.63, 3.8) is 0 Å². The molecule has 2 aliphatic carbocycles. The average molecular weight is 234 g/mol. The Bertz CT molecular complexity index is 477. The highest BCUT2D eigenvalue weighted by atomic mass is 19.1. The number of carboxylic acid groups (broad SMARTS) is 1. The first-order chi connectivity index (χ1) is 8.11. The van der Waals surface area contributed by atoms with Gasteiger partial charge < -0.3 is 5.11 Å². The summed E-state index contributed by atoms with van der Waals surface area (Å²) in [7, 11) is 0. The predicted molar refractivity (Wildman–Crippen MR) is 61.5 cm³/mol. The highest BCUT2D eigenvalue weighted by Crippen LogP contribution is 2.57. The first kappa shape index (κ1) is 10.8. The third kappa shape index (κ3) is 1.56. The summed E-state index contributed by atoms with van der Waals surface area (Å²) >= 11 is 0. The van der Waals surface area contributed by atoms with Gasteiger partial charge in [-0.1, -0.05) is 12.5 Å². The molecule has 1 N–H and O–H groups in total. The molecule has 0 aromatic heterocycles. The van der Waals surface area contributed by atoms with Crippen molar-refractivity contribution in [3.8, 4) is 0 Å². The second-order valence-electron chi connectivity index (χ2n) is 5.36. The third-order valence-electron chi connectivity index (χ3n) is 4.40. The number of rotatable bonds is 2. The van der Waals surface area contributed by atoms with Crippen molar-refractivity contribution in [2.24, 2.45) is 0 Å². The van der Waals surface area contributed by atoms with Crippen molar-refractivity contribution in [2.45, 2.75) is 43.4 Å². The average Bonchev–Trinajstić information content (AvgIpc) is 2.51. The van der Waals surface area contributed by atoms with Crippen LogP contribution in [0.5, 0.6) is 0 Å². The van der Waals surface area contributed by atoms with Gasteiger partial charge in [-0.3, -0.25) is 4.79 Å². The van der Waals surface area contributed by atoms with E-state index in [1.807, 2.05) is 0 Å². The first-order valence-corrected chi connectivity index (χ1v) is 6.12. The van der Waals surface area contributed by atoms with Gasteiger partial charge in [0.05, 0.1) is 6.42 Å². The van der Waals surface area contributed by atoms with Gasteiger partial charge in [-0.05, 0) is 53.9 Å². The minimum Gasteiger partial charge on any atom is -0.481 e. The van der Waals surface area contributed by atoms with Crippen LogP contribution in [0, 0.1) is 5.82 Å². The van der Waals surface area contributed by atoms with Crippen molar-refractivity contribution < 1.29 is 14.3 Å². The number of benzene rings is 1. The zero-order chi connectivity index (χ0) is 12.0. The molecular weight excluding hydrogens is 219 g/mol. The quantitative estimate of drug-likeness (QED) is 0.853. The summed E-state index contributed by atoms with van der Waals surface area (Å²) in [5.41, 5.74) is 2.24. The molecule has 1 atom stereocenters. The number of carboxylic acids is 1. The lowest BCUT2D eigenvalue weighted by Crippen LogP contribution is -2.31. The second kappa shape index (κ2) is 3.56. The third-order valence-corrected chi connectivity index (χ3v) is 4.40. The van der Waals surface area contributed by atoms with E-state index in [1.54, 1.807) is 12.1 Å². The molecule has 2 nitrogen and oxygen atoms in total. The fourth-order valence-corrected chi connectivity index (χ4v) is 3.51. The van der Waals surface area contributed by atoms with E-state index in [-0.39, 0.29) is 23.6 Å². The number of halogens is 1. The van der Waals surface area contributed by atoms with E-state index >= 15 is 0 Å². The highest BCUT2D eigenvalue weighted by molar-refractivity contribution is 5.69. The molecule has 3 heteroatoms. The van der Waals surface area contributed by atoms with E-state index in [2.05, 4.69) is 0 Å². The Morgan fingerprint density at radius 2 is 2.24 bits per heavy atom. The fourth-order valence-electron chi connectivity index (χ4n) is 3.51. The maximum Gasteiger partial charge on any atom is 0.303 e. The van der Waals surface area contributed by atoms with Crippen LogP contribution < -0.4 is 0 Å². The van der Waals surface area contributed by atoms with Gasteiger partial charge in [0.1, 0.15) is 5.82 Å². The molecular formula is C14H15FO2. The predicted octanol–water partition coefficient (Wildman–Crippen LogP) is 3.21. The van der Waals surface area contributed by atoms with Gasteiger partial charge in [0.25, 0.3) is 0 Å². The molecule has 1 spiro atoms. The lowest BCUT2D eigenvalue weighted by molar-refractivity contribution is -0.137. The maximum atomic E-state index is 13.3. The Kier molecular flexibility index (Phi) is 2.25. The van der Waals surface area contributed by atoms with Crippen LogP contribution in [0.15, 0.2) is 18.2 Å². The molecule has 0 radical (unpaired) electrons. The van der Waals surface area contributed by atoms with Crippen molar-refractivity contribution >= 4 is 5.97 Å². The van der Waals surface area contributed by atoms with Crippen LogP contribution in [0.4, 0.5) is 4.39 Å². The van der Waals surface area contributed by atoms with Crippen molar-refractivity contribution in [1.29, 1.82) is 0 Å². The molecule has 2 aliphatic rings. The summed E-state index contributed by atoms with van der Waals surface area (Å²) in [5, 5.41) is 8.94. The number of hydrogen-bond donors (Lipinski definition) is 1. The van der Waals surface area contributed by atoms with Gasteiger partial charge in [0.15, 0.2) is 0 Å². The lowest BCUT2D eigenvalue weighted by atomic mass is 9.65. The molecule has 90 valence electrons. The number of fused-ring (bicyclic) bond motifs is 2. The molecule has 0 bridgehead atoms. The topological polar surface area (TPSA) is 37.3 Å². The zero-order valence-corrected chi connectivity index (χ0v) is 9.58. The molecule has 0 saturated heterocycles. The van der Waals surface area contributed by atoms with E-state index in [0.29, 0.717) is 0 Å². The van der Waals surface area contributed by atoms with Crippen molar-refractivity contribution in [2.75, 3.05) is 0 Å². The summed E-state index contributed by atoms with van der Waals surface area (Å²) < 4.78 is 13.3. The Labute approximate surface area is 99.5 Å². The summed E-state index contributed by atoms with van der Waals surface area (Å²) in [6.45, 7) is 0. The smallest absolute Gasteiger partial charge is 0.303 e. The first-order valence-electron chi connectivity index (χ1n) is 6.12. The summed E-state index contributed by atoms with van der Waals surface area (Å²) in [5.74, 6) is -0.893. The van der Waals surface area contributed by atoms with Gasteiger partial charge in [-0.2, -0.15) is 0 Å². The largest absolute Gasteiger partial charge is 0.481 e. The van der Waals surface area contributed by atoms with Crippen LogP contribution in [-0.2, 0) is 10.2 Å². The number of aliphatic carboxylic acids is 1. The summed E-state index contributed by atoms with van der Waals surface area (Å²) in [6, 6.07) is 4.85. The van der Waals surface area contributed by atoms with Crippen LogP contribution in [-0.4, -0.2) is 11.1 Å². The number of carbonyl (C=O) groups is 1. The molecule has 0 heterocycles. The zero-order valence-electron chi connectivity index (χ0n) is 9.58. The van der Waals surface area contributed by atoms with E-state index < -0.39 is 5.97 Å². The Hall–Kier alpha value is -1.38. The van der Waals surface area contributed by atoms with Crippen LogP contribution in [0.25, 0.3) is 0 Å². The van der Waals surface area contributed by atoms with Gasteiger partial charge >= 0.3 is 5.97 Å². The van der Waals surface area contributed by atoms with E-state index in [9.17, 15) is 9.18 Å². The van der Waals surface area contributed by atoms with Crippen LogP contribution >= 0.6 is 0 Å². The van der Waals surface area contributed by atoms with Crippen LogP contribution in [0.1, 0.15) is 49.1 Å². The summed E-state index contributed by atoms with van der Waals surface area (Å²) in [4.78, 5) is 10.9. The Balaban J connectivity index is 2.02. The fraction of sp³-hybridized carbons (Fsp3) is 0.500. The standard InChI is InChI=1S/C14H15FO2/c15-10-2-3-11-9(6-13(16)17)8-14(4-1-5-14)12(11)7-10/h2-3,7,9H,1,4-6,8H2,(H,16,17). The highest BCUT2D eigenvalue weighted by Gasteiger charge is 2.47. The van der Waals surface area contributed by atoms with Crippen molar-refractivity contribution in [3.05, 3.63) is 35.1 Å². The molecule has 1 unspecified atom stereocenters. The van der Waals surface area contributed by atoms with Gasteiger partial charge in [0.2, 0.25) is 0 Å². The lowest BCUT2D eigenvalue weighted by Gasteiger charge is -2.39. The van der Waals surface area contributed by atoms with Crippen molar-refractivity contribution in [1.82, 2.24) is 0 Å². The molecule has 17 heavy (non-hydrogen) atoms. The maximum absolute atomic E-state index is 13.3. The minimum absolute atomic E-state index is 0.0726. The molecule has 3 rings (SSSR count). The normalized spacial score (nSPS) is 24.4. The SMILES string of the molecule is O=C(O)CC1CC2(CCC2)c2cc(F)ccc21. The molecule has 1 fully saturated rings. The molecule has 1 aromatic carbocycles. The summed E-state index contributed by atoms with van der Waals surface area (Å²) in [6.07, 6.45) is 4.40. The minimum atomic E-state index is -0.762. The molecule has 1 aromatic rings. The number of hydrogen-bond acceptors (Lipinski definition) is 1. The van der Waals surface area contributed by atoms with Gasteiger partial charge in [-0.25, -0.2) is 4.39 Å². The monoisotopic (exact) mass is 234 g/mol. The second-order valence-corrected chi connectivity index (χ2v) is 5.36. The van der Waals surface area contributed by atoms with Crippen LogP contribution in [0.2, 0.25) is 0 Å². The molecule has 1 saturated carbocycles. The molecule has 0 amide bonds. The Morgan fingerprint density at radius 3 is 2.82 bits per heavy atom. The van der Waals surface area contributed by atoms with E-state index in [0.717, 1.165) is 30.4 Å². The van der Waals surface area contributed by atoms with E-state index in [1.165, 1.54) is 12.5 Å². The van der Waals surface area contributed by atoms with Crippen LogP contribution in [0.3, 0.4) is 0 Å². The molecule has 0 aliphatic heterocycles. The van der Waals surface area contributed by atoms with E-state index in [4.69, 9.17) is 5.11 Å². The Morgan fingerprint density at radius 1 is 1.47 bits per heavy atom. The van der Waals surface area contributed by atoms with Gasteiger partial charge in [-0.15, -0.1) is 0 Å².